The highest BCUT2D eigenvalue weighted by Crippen LogP contribution is 2.31. The van der Waals surface area contributed by atoms with Crippen LogP contribution in [0.4, 0.5) is 0 Å². The van der Waals surface area contributed by atoms with Crippen molar-refractivity contribution >= 4 is 27.5 Å². The maximum atomic E-state index is 10.9. The Hall–Kier alpha value is -0.0900. The highest BCUT2D eigenvalue weighted by molar-refractivity contribution is 9.10. The average Bonchev–Trinajstić information content (AvgIpc) is 2.50. The number of halogens is 2. The van der Waals surface area contributed by atoms with Crippen molar-refractivity contribution in [2.75, 3.05) is 13.1 Å². The second kappa shape index (κ2) is 7.45. The quantitative estimate of drug-likeness (QED) is 0.810. The molecule has 0 spiro atoms. The van der Waals surface area contributed by atoms with Gasteiger partial charge in [0, 0.05) is 21.5 Å². The number of rotatable bonds is 5. The zero-order valence-electron chi connectivity index (χ0n) is 12.9. The van der Waals surface area contributed by atoms with Crippen LogP contribution < -0.4 is 0 Å². The lowest BCUT2D eigenvalue weighted by Gasteiger charge is -2.46. The van der Waals surface area contributed by atoms with Gasteiger partial charge in [0.05, 0.1) is 6.10 Å². The summed E-state index contributed by atoms with van der Waals surface area (Å²) in [6.45, 7) is 6.54. The molecule has 1 fully saturated rings. The molecule has 1 saturated heterocycles. The summed E-state index contributed by atoms with van der Waals surface area (Å²) in [7, 11) is 0. The Morgan fingerprint density at radius 1 is 1.33 bits per heavy atom. The summed E-state index contributed by atoms with van der Waals surface area (Å²) in [6.07, 6.45) is 4.93. The van der Waals surface area contributed by atoms with Crippen LogP contribution in [0.3, 0.4) is 0 Å². The molecule has 0 aromatic heterocycles. The van der Waals surface area contributed by atoms with Crippen LogP contribution in [0.5, 0.6) is 0 Å². The number of nitrogens with zero attached hydrogens (tertiary/aromatic N) is 1. The summed E-state index contributed by atoms with van der Waals surface area (Å²) in [5, 5.41) is 11.6. The van der Waals surface area contributed by atoms with Crippen molar-refractivity contribution in [2.24, 2.45) is 0 Å². The van der Waals surface area contributed by atoms with E-state index in [0.717, 1.165) is 34.6 Å². The number of benzene rings is 1. The molecule has 0 amide bonds. The molecule has 1 N–H and O–H groups in total. The summed E-state index contributed by atoms with van der Waals surface area (Å²) >= 11 is 9.72. The number of piperidine rings is 1. The van der Waals surface area contributed by atoms with Crippen molar-refractivity contribution in [1.82, 2.24) is 4.90 Å². The summed E-state index contributed by atoms with van der Waals surface area (Å²) in [5.41, 5.74) is 0.848. The molecule has 2 atom stereocenters. The fourth-order valence-electron chi connectivity index (χ4n) is 3.19. The average molecular weight is 375 g/mol. The van der Waals surface area contributed by atoms with Crippen LogP contribution in [-0.4, -0.2) is 34.7 Å². The smallest absolute Gasteiger partial charge is 0.0761 e. The van der Waals surface area contributed by atoms with E-state index in [4.69, 9.17) is 11.6 Å². The van der Waals surface area contributed by atoms with Gasteiger partial charge in [-0.2, -0.15) is 0 Å². The Morgan fingerprint density at radius 2 is 2.00 bits per heavy atom. The standard InChI is InChI=1S/C17H25BrClNO/c1-3-17(2,20-9-5-4-6-10-20)16(21)11-13-7-8-14(18)12-15(13)19/h7-8,12,16,21H,3-6,9-11H2,1-2H3. The van der Waals surface area contributed by atoms with E-state index in [0.29, 0.717) is 6.42 Å². The number of aliphatic hydroxyl groups is 1. The molecule has 2 nitrogen and oxygen atoms in total. The fraction of sp³-hybridized carbons (Fsp3) is 0.647. The summed E-state index contributed by atoms with van der Waals surface area (Å²) in [6, 6.07) is 5.88. The summed E-state index contributed by atoms with van der Waals surface area (Å²) in [5.74, 6) is 0. The third-order valence-electron chi connectivity index (χ3n) is 4.94. The Labute approximate surface area is 141 Å². The molecular weight excluding hydrogens is 350 g/mol. The van der Waals surface area contributed by atoms with E-state index < -0.39 is 6.10 Å². The van der Waals surface area contributed by atoms with Gasteiger partial charge in [-0.05, 0) is 57.0 Å². The topological polar surface area (TPSA) is 23.5 Å². The SMILES string of the molecule is CCC(C)(C(O)Cc1ccc(Br)cc1Cl)N1CCCCC1. The molecule has 0 radical (unpaired) electrons. The molecule has 0 bridgehead atoms. The molecule has 0 saturated carbocycles. The van der Waals surface area contributed by atoms with Gasteiger partial charge in [0.2, 0.25) is 0 Å². The minimum atomic E-state index is -0.403. The van der Waals surface area contributed by atoms with Crippen LogP contribution in [0.1, 0.15) is 45.1 Å². The van der Waals surface area contributed by atoms with Crippen molar-refractivity contribution in [3.8, 4) is 0 Å². The van der Waals surface area contributed by atoms with Crippen LogP contribution in [-0.2, 0) is 6.42 Å². The van der Waals surface area contributed by atoms with Gasteiger partial charge in [-0.15, -0.1) is 0 Å². The third kappa shape index (κ3) is 4.01. The van der Waals surface area contributed by atoms with Crippen LogP contribution in [0.25, 0.3) is 0 Å². The molecule has 0 aliphatic carbocycles. The van der Waals surface area contributed by atoms with Crippen LogP contribution in [0.2, 0.25) is 5.02 Å². The Morgan fingerprint density at radius 3 is 2.57 bits per heavy atom. The first kappa shape index (κ1) is 17.3. The lowest BCUT2D eigenvalue weighted by molar-refractivity contribution is -0.0328. The normalized spacial score (nSPS) is 21.0. The minimum absolute atomic E-state index is 0.170. The van der Waals surface area contributed by atoms with Gasteiger partial charge in [-0.25, -0.2) is 0 Å². The monoisotopic (exact) mass is 373 g/mol. The van der Waals surface area contributed by atoms with E-state index in [1.54, 1.807) is 0 Å². The van der Waals surface area contributed by atoms with Gasteiger partial charge in [-0.3, -0.25) is 4.90 Å². The van der Waals surface area contributed by atoms with Gasteiger partial charge < -0.3 is 5.11 Å². The van der Waals surface area contributed by atoms with Crippen LogP contribution in [0, 0.1) is 0 Å². The minimum Gasteiger partial charge on any atom is -0.391 e. The highest BCUT2D eigenvalue weighted by Gasteiger charge is 2.37. The highest BCUT2D eigenvalue weighted by atomic mass is 79.9. The van der Waals surface area contributed by atoms with Crippen molar-refractivity contribution in [3.05, 3.63) is 33.3 Å². The van der Waals surface area contributed by atoms with E-state index in [9.17, 15) is 5.11 Å². The van der Waals surface area contributed by atoms with Crippen LogP contribution in [0.15, 0.2) is 22.7 Å². The predicted molar refractivity (Wildman–Crippen MR) is 93.0 cm³/mol. The first-order chi connectivity index (χ1) is 9.97. The Bertz CT molecular complexity index is 476. The van der Waals surface area contributed by atoms with Crippen molar-refractivity contribution in [1.29, 1.82) is 0 Å². The maximum absolute atomic E-state index is 10.9. The summed E-state index contributed by atoms with van der Waals surface area (Å²) < 4.78 is 0.972. The molecule has 21 heavy (non-hydrogen) atoms. The van der Waals surface area contributed by atoms with Gasteiger partial charge in [0.25, 0.3) is 0 Å². The largest absolute Gasteiger partial charge is 0.391 e. The van der Waals surface area contributed by atoms with Gasteiger partial charge >= 0.3 is 0 Å². The molecule has 4 heteroatoms. The lowest BCUT2D eigenvalue weighted by Crippen LogP contribution is -2.56. The molecule has 1 aromatic rings. The van der Waals surface area contributed by atoms with Crippen LogP contribution >= 0.6 is 27.5 Å². The van der Waals surface area contributed by atoms with Crippen molar-refractivity contribution in [2.45, 2.75) is 57.6 Å². The first-order valence-electron chi connectivity index (χ1n) is 7.84. The number of hydrogen-bond acceptors (Lipinski definition) is 2. The van der Waals surface area contributed by atoms with E-state index in [-0.39, 0.29) is 5.54 Å². The zero-order chi connectivity index (χ0) is 15.5. The second-order valence-electron chi connectivity index (χ2n) is 6.21. The van der Waals surface area contributed by atoms with E-state index in [2.05, 4.69) is 34.7 Å². The first-order valence-corrected chi connectivity index (χ1v) is 9.01. The molecular formula is C17H25BrClNO. The fourth-order valence-corrected chi connectivity index (χ4v) is 3.94. The van der Waals surface area contributed by atoms with E-state index in [1.165, 1.54) is 19.3 Å². The molecule has 2 rings (SSSR count). The Kier molecular flexibility index (Phi) is 6.13. The number of aliphatic hydroxyl groups excluding tert-OH is 1. The molecule has 118 valence electrons. The summed E-state index contributed by atoms with van der Waals surface area (Å²) in [4.78, 5) is 2.47. The van der Waals surface area contributed by atoms with Gasteiger partial charge in [0.15, 0.2) is 0 Å². The second-order valence-corrected chi connectivity index (χ2v) is 7.54. The molecule has 1 aromatic carbocycles. The number of likely N-dealkylation sites (tertiary alicyclic amines) is 1. The van der Waals surface area contributed by atoms with Gasteiger partial charge in [-0.1, -0.05) is 46.9 Å². The van der Waals surface area contributed by atoms with Crippen molar-refractivity contribution in [3.63, 3.8) is 0 Å². The van der Waals surface area contributed by atoms with E-state index in [1.807, 2.05) is 18.2 Å². The molecule has 1 aliphatic heterocycles. The predicted octanol–water partition coefficient (Wildman–Crippen LogP) is 4.66. The zero-order valence-corrected chi connectivity index (χ0v) is 15.3. The lowest BCUT2D eigenvalue weighted by atomic mass is 9.84. The molecule has 1 aliphatic rings. The van der Waals surface area contributed by atoms with E-state index >= 15 is 0 Å². The maximum Gasteiger partial charge on any atom is 0.0761 e. The third-order valence-corrected chi connectivity index (χ3v) is 5.79. The molecule has 2 unspecified atom stereocenters. The van der Waals surface area contributed by atoms with Crippen molar-refractivity contribution < 1.29 is 5.11 Å². The Balaban J connectivity index is 2.13. The van der Waals surface area contributed by atoms with Gasteiger partial charge in [0.1, 0.15) is 0 Å². The number of hydrogen-bond donors (Lipinski definition) is 1. The molecule has 1 heterocycles.